The number of pyridine rings is 1. The summed E-state index contributed by atoms with van der Waals surface area (Å²) in [5, 5.41) is 0. The van der Waals surface area contributed by atoms with Gasteiger partial charge in [0.15, 0.2) is 5.82 Å². The lowest BCUT2D eigenvalue weighted by Gasteiger charge is -2.11. The predicted molar refractivity (Wildman–Crippen MR) is 93.0 cm³/mol. The highest BCUT2D eigenvalue weighted by Crippen LogP contribution is 2.33. The molecule has 0 N–H and O–H groups in total. The first-order valence-electron chi connectivity index (χ1n) is 7.88. The van der Waals surface area contributed by atoms with Crippen LogP contribution in [0.2, 0.25) is 0 Å². The quantitative estimate of drug-likeness (QED) is 0.549. The summed E-state index contributed by atoms with van der Waals surface area (Å²) in [6.45, 7) is 0. The summed E-state index contributed by atoms with van der Waals surface area (Å²) in [6.07, 6.45) is -5.60. The Bertz CT molecular complexity index is 1050. The number of halogens is 6. The molecular weight excluding hydrogens is 420 g/mol. The van der Waals surface area contributed by atoms with Crippen LogP contribution >= 0.6 is 0 Å². The van der Waals surface area contributed by atoms with E-state index < -0.39 is 34.4 Å². The van der Waals surface area contributed by atoms with Crippen molar-refractivity contribution in [3.63, 3.8) is 0 Å². The van der Waals surface area contributed by atoms with Crippen LogP contribution in [0, 0.1) is 0 Å². The third-order valence-corrected chi connectivity index (χ3v) is 4.78. The Hall–Kier alpha value is -2.82. The monoisotopic (exact) mass is 431 g/mol. The van der Waals surface area contributed by atoms with E-state index in [0.29, 0.717) is 0 Å². The van der Waals surface area contributed by atoms with Crippen LogP contribution in [0.5, 0.6) is 0 Å². The Kier molecular flexibility index (Phi) is 5.44. The Balaban J connectivity index is 2.06. The number of rotatable bonds is 3. The maximum absolute atomic E-state index is 12.8. The highest BCUT2D eigenvalue weighted by molar-refractivity contribution is 7.84. The van der Waals surface area contributed by atoms with Crippen molar-refractivity contribution in [1.82, 2.24) is 15.0 Å². The van der Waals surface area contributed by atoms with Crippen LogP contribution in [0.3, 0.4) is 0 Å². The first-order valence-corrected chi connectivity index (χ1v) is 9.44. The molecule has 0 spiro atoms. The third kappa shape index (κ3) is 4.61. The van der Waals surface area contributed by atoms with Crippen LogP contribution < -0.4 is 0 Å². The maximum Gasteiger partial charge on any atom is 0.433 e. The minimum absolute atomic E-state index is 0.00433. The molecule has 0 amide bonds. The van der Waals surface area contributed by atoms with Gasteiger partial charge in [0, 0.05) is 29.8 Å². The van der Waals surface area contributed by atoms with Crippen molar-refractivity contribution >= 4 is 10.8 Å². The standard InChI is InChI=1S/C18H11F6N3OS/c1-29(28)13-9-26-16(11-4-7-14(25-8-11)18(22,23)24)27-15(13)10-2-5-12(6-3-10)17(19,20)21/h2-9H,1H3. The average Bonchev–Trinajstić information content (AvgIpc) is 2.66. The number of hydrogen-bond donors (Lipinski definition) is 0. The van der Waals surface area contributed by atoms with E-state index in [1.807, 2.05) is 0 Å². The molecule has 2 heterocycles. The van der Waals surface area contributed by atoms with Crippen molar-refractivity contribution in [2.45, 2.75) is 17.2 Å². The van der Waals surface area contributed by atoms with E-state index in [0.717, 1.165) is 30.5 Å². The molecule has 2 aromatic heterocycles. The Morgan fingerprint density at radius 3 is 1.90 bits per heavy atom. The minimum Gasteiger partial charge on any atom is -0.255 e. The Morgan fingerprint density at radius 1 is 0.793 bits per heavy atom. The summed E-state index contributed by atoms with van der Waals surface area (Å²) in [6, 6.07) is 5.97. The van der Waals surface area contributed by atoms with E-state index in [4.69, 9.17) is 0 Å². The van der Waals surface area contributed by atoms with Crippen molar-refractivity contribution in [3.05, 3.63) is 60.0 Å². The molecule has 0 saturated carbocycles. The number of benzene rings is 1. The van der Waals surface area contributed by atoms with Crippen LogP contribution in [0.4, 0.5) is 26.3 Å². The maximum atomic E-state index is 12.8. The molecule has 29 heavy (non-hydrogen) atoms. The zero-order valence-electron chi connectivity index (χ0n) is 14.5. The highest BCUT2D eigenvalue weighted by Gasteiger charge is 2.32. The molecular formula is C18H11F6N3OS. The molecule has 0 aliphatic carbocycles. The fourth-order valence-corrected chi connectivity index (χ4v) is 3.07. The molecule has 0 radical (unpaired) electrons. The average molecular weight is 431 g/mol. The van der Waals surface area contributed by atoms with Gasteiger partial charge >= 0.3 is 12.4 Å². The molecule has 0 bridgehead atoms. The molecule has 11 heteroatoms. The third-order valence-electron chi connectivity index (χ3n) is 3.86. The smallest absolute Gasteiger partial charge is 0.255 e. The van der Waals surface area contributed by atoms with Crippen LogP contribution in [-0.4, -0.2) is 25.4 Å². The second kappa shape index (κ2) is 7.54. The molecule has 1 unspecified atom stereocenters. The molecule has 1 atom stereocenters. The molecule has 3 rings (SSSR count). The summed E-state index contributed by atoms with van der Waals surface area (Å²) >= 11 is 0. The zero-order valence-corrected chi connectivity index (χ0v) is 15.4. The highest BCUT2D eigenvalue weighted by atomic mass is 32.2. The van der Waals surface area contributed by atoms with Gasteiger partial charge in [-0.25, -0.2) is 9.97 Å². The van der Waals surface area contributed by atoms with Gasteiger partial charge in [0.2, 0.25) is 0 Å². The van der Waals surface area contributed by atoms with Gasteiger partial charge in [-0.3, -0.25) is 9.19 Å². The van der Waals surface area contributed by atoms with Gasteiger partial charge in [0.1, 0.15) is 5.69 Å². The molecule has 0 aliphatic heterocycles. The molecule has 4 nitrogen and oxygen atoms in total. The fraction of sp³-hybridized carbons (Fsp3) is 0.167. The topological polar surface area (TPSA) is 55.7 Å². The second-order valence-corrected chi connectivity index (χ2v) is 7.21. The molecule has 0 aliphatic rings. The zero-order chi connectivity index (χ0) is 21.4. The van der Waals surface area contributed by atoms with Crippen molar-refractivity contribution in [2.24, 2.45) is 0 Å². The number of alkyl halides is 6. The summed E-state index contributed by atoms with van der Waals surface area (Å²) in [5.41, 5.74) is -1.41. The lowest BCUT2D eigenvalue weighted by atomic mass is 10.1. The van der Waals surface area contributed by atoms with Crippen LogP contribution in [-0.2, 0) is 23.2 Å². The minimum atomic E-state index is -4.60. The normalized spacial score (nSPS) is 13.3. The van der Waals surface area contributed by atoms with Gasteiger partial charge in [-0.05, 0) is 24.3 Å². The van der Waals surface area contributed by atoms with E-state index in [1.54, 1.807) is 0 Å². The molecule has 3 aromatic rings. The fourth-order valence-electron chi connectivity index (χ4n) is 2.44. The largest absolute Gasteiger partial charge is 0.433 e. The number of hydrogen-bond acceptors (Lipinski definition) is 4. The van der Waals surface area contributed by atoms with E-state index in [2.05, 4.69) is 15.0 Å². The van der Waals surface area contributed by atoms with Gasteiger partial charge in [0.25, 0.3) is 0 Å². The van der Waals surface area contributed by atoms with E-state index in [-0.39, 0.29) is 27.5 Å². The lowest BCUT2D eigenvalue weighted by molar-refractivity contribution is -0.141. The molecule has 0 fully saturated rings. The molecule has 0 saturated heterocycles. The van der Waals surface area contributed by atoms with Crippen LogP contribution in [0.1, 0.15) is 11.3 Å². The van der Waals surface area contributed by atoms with E-state index >= 15 is 0 Å². The first-order chi connectivity index (χ1) is 13.5. The van der Waals surface area contributed by atoms with Gasteiger partial charge in [-0.15, -0.1) is 0 Å². The Labute approximate surface area is 163 Å². The van der Waals surface area contributed by atoms with Gasteiger partial charge < -0.3 is 0 Å². The van der Waals surface area contributed by atoms with Gasteiger partial charge in [0.05, 0.1) is 27.0 Å². The summed E-state index contributed by atoms with van der Waals surface area (Å²) in [5.74, 6) is -0.00433. The summed E-state index contributed by atoms with van der Waals surface area (Å²) in [7, 11) is -1.56. The van der Waals surface area contributed by atoms with Crippen LogP contribution in [0.15, 0.2) is 53.7 Å². The summed E-state index contributed by atoms with van der Waals surface area (Å²) in [4.78, 5) is 11.7. The van der Waals surface area contributed by atoms with Crippen LogP contribution in [0.25, 0.3) is 22.6 Å². The Morgan fingerprint density at radius 2 is 1.41 bits per heavy atom. The van der Waals surface area contributed by atoms with Crippen molar-refractivity contribution < 1.29 is 30.6 Å². The number of nitrogens with zero attached hydrogens (tertiary/aromatic N) is 3. The van der Waals surface area contributed by atoms with E-state index in [1.165, 1.54) is 24.6 Å². The van der Waals surface area contributed by atoms with Crippen molar-refractivity contribution in [2.75, 3.05) is 6.26 Å². The SMILES string of the molecule is CS(=O)c1cnc(-c2ccc(C(F)(F)F)nc2)nc1-c1ccc(C(F)(F)F)cc1. The van der Waals surface area contributed by atoms with Crippen molar-refractivity contribution in [3.8, 4) is 22.6 Å². The van der Waals surface area contributed by atoms with Crippen molar-refractivity contribution in [1.29, 1.82) is 0 Å². The lowest BCUT2D eigenvalue weighted by Crippen LogP contribution is -2.07. The molecule has 1 aromatic carbocycles. The van der Waals surface area contributed by atoms with Gasteiger partial charge in [-0.2, -0.15) is 26.3 Å². The summed E-state index contributed by atoms with van der Waals surface area (Å²) < 4.78 is 88.3. The van der Waals surface area contributed by atoms with Gasteiger partial charge in [-0.1, -0.05) is 12.1 Å². The predicted octanol–water partition coefficient (Wildman–Crippen LogP) is 4.98. The molecule has 152 valence electrons. The second-order valence-electron chi connectivity index (χ2n) is 5.87. The number of aromatic nitrogens is 3. The first kappa shape index (κ1) is 20.9. The van der Waals surface area contributed by atoms with E-state index in [9.17, 15) is 30.6 Å².